The molecule has 0 saturated heterocycles. The molecule has 1 amide bonds. The highest BCUT2D eigenvalue weighted by Crippen LogP contribution is 2.40. The number of fused-ring (bicyclic) bond motifs is 2. The Hall–Kier alpha value is -2.67. The van der Waals surface area contributed by atoms with Crippen molar-refractivity contribution in [2.45, 2.75) is 57.7 Å². The first-order valence-corrected chi connectivity index (χ1v) is 14.6. The normalized spacial score (nSPS) is 15.3. The zero-order chi connectivity index (χ0) is 24.5. The maximum Gasteiger partial charge on any atom is 0.235 e. The predicted molar refractivity (Wildman–Crippen MR) is 145 cm³/mol. The summed E-state index contributed by atoms with van der Waals surface area (Å²) in [5.41, 5.74) is 2.85. The Morgan fingerprint density at radius 1 is 1.34 bits per heavy atom. The number of hydrogen-bond donors (Lipinski definition) is 1. The average Bonchev–Trinajstić information content (AvgIpc) is 3.56. The van der Waals surface area contributed by atoms with E-state index in [1.54, 1.807) is 22.7 Å². The summed E-state index contributed by atoms with van der Waals surface area (Å²) >= 11 is 4.65. The van der Waals surface area contributed by atoms with Crippen LogP contribution < -0.4 is 5.32 Å². The van der Waals surface area contributed by atoms with Gasteiger partial charge in [0.25, 0.3) is 0 Å². The lowest BCUT2D eigenvalue weighted by atomic mass is 9.86. The largest absolute Gasteiger partial charge is 0.316 e. The highest BCUT2D eigenvalue weighted by molar-refractivity contribution is 7.99. The molecular formula is C26H27N5OS3. The molecule has 35 heavy (non-hydrogen) atoms. The first-order valence-electron chi connectivity index (χ1n) is 11.9. The molecule has 3 aromatic heterocycles. The topological polar surface area (TPSA) is 83.6 Å². The van der Waals surface area contributed by atoms with Gasteiger partial charge in [-0.25, -0.2) is 0 Å². The van der Waals surface area contributed by atoms with E-state index in [-0.39, 0.29) is 17.7 Å². The molecule has 1 unspecified atom stereocenters. The van der Waals surface area contributed by atoms with Crippen molar-refractivity contribution < 1.29 is 4.79 Å². The molecule has 0 spiro atoms. The van der Waals surface area contributed by atoms with E-state index in [9.17, 15) is 10.1 Å². The number of anilines is 1. The first kappa shape index (κ1) is 24.0. The molecule has 0 saturated carbocycles. The minimum absolute atomic E-state index is 0.127. The third-order valence-electron chi connectivity index (χ3n) is 6.54. The van der Waals surface area contributed by atoms with Crippen LogP contribution in [0.25, 0.3) is 21.5 Å². The summed E-state index contributed by atoms with van der Waals surface area (Å²) in [5.74, 6) is 1.57. The van der Waals surface area contributed by atoms with E-state index < -0.39 is 0 Å². The second-order valence-corrected chi connectivity index (χ2v) is 12.0. The molecule has 0 radical (unpaired) electrons. The van der Waals surface area contributed by atoms with Crippen LogP contribution in [0.15, 0.2) is 34.8 Å². The maximum atomic E-state index is 12.9. The monoisotopic (exact) mass is 521 g/mol. The fourth-order valence-corrected chi connectivity index (χ4v) is 7.81. The number of thiophene rings is 2. The predicted octanol–water partition coefficient (Wildman–Crippen LogP) is 6.92. The van der Waals surface area contributed by atoms with E-state index in [4.69, 9.17) is 0 Å². The highest BCUT2D eigenvalue weighted by Gasteiger charge is 2.26. The van der Waals surface area contributed by atoms with E-state index in [0.717, 1.165) is 53.2 Å². The number of carbonyl (C=O) groups is 1. The molecule has 6 nitrogen and oxygen atoms in total. The number of carbonyl (C=O) groups excluding carboxylic acids is 1. The third-order valence-corrected chi connectivity index (χ3v) is 9.62. The molecule has 0 fully saturated rings. The van der Waals surface area contributed by atoms with E-state index >= 15 is 0 Å². The molecular weight excluding hydrogens is 495 g/mol. The number of nitriles is 1. The molecule has 0 bridgehead atoms. The van der Waals surface area contributed by atoms with Crippen molar-refractivity contribution in [3.63, 3.8) is 0 Å². The van der Waals surface area contributed by atoms with Gasteiger partial charge in [-0.15, -0.1) is 32.9 Å². The molecule has 180 valence electrons. The second-order valence-electron chi connectivity index (χ2n) is 9.09. The lowest BCUT2D eigenvalue weighted by Crippen LogP contribution is -2.15. The molecule has 1 aliphatic carbocycles. The summed E-state index contributed by atoms with van der Waals surface area (Å²) in [4.78, 5) is 14.1. The quantitative estimate of drug-likeness (QED) is 0.267. The van der Waals surface area contributed by atoms with Gasteiger partial charge in [0.15, 0.2) is 11.0 Å². The van der Waals surface area contributed by atoms with E-state index in [0.29, 0.717) is 16.5 Å². The minimum atomic E-state index is -0.127. The van der Waals surface area contributed by atoms with Crippen molar-refractivity contribution >= 4 is 55.4 Å². The minimum Gasteiger partial charge on any atom is -0.316 e. The van der Waals surface area contributed by atoms with Crippen LogP contribution in [0.1, 0.15) is 55.7 Å². The number of nitrogens with zero attached hydrogens (tertiary/aromatic N) is 4. The Bertz CT molecular complexity index is 1420. The highest BCUT2D eigenvalue weighted by atomic mass is 32.2. The van der Waals surface area contributed by atoms with Crippen LogP contribution in [0.3, 0.4) is 0 Å². The van der Waals surface area contributed by atoms with Crippen molar-refractivity contribution in [2.24, 2.45) is 5.92 Å². The molecule has 1 aromatic carbocycles. The fourth-order valence-electron chi connectivity index (χ4n) is 4.68. The van der Waals surface area contributed by atoms with Gasteiger partial charge in [-0.2, -0.15) is 5.26 Å². The third kappa shape index (κ3) is 4.63. The number of hydrogen-bond acceptors (Lipinski definition) is 7. The summed E-state index contributed by atoms with van der Waals surface area (Å²) in [5, 5.41) is 26.4. The Balaban J connectivity index is 1.33. The van der Waals surface area contributed by atoms with Crippen LogP contribution in [0.5, 0.6) is 0 Å². The Labute approximate surface area is 217 Å². The smallest absolute Gasteiger partial charge is 0.235 e. The number of benzene rings is 1. The zero-order valence-corrected chi connectivity index (χ0v) is 22.4. The number of rotatable bonds is 7. The van der Waals surface area contributed by atoms with E-state index in [2.05, 4.69) is 64.4 Å². The van der Waals surface area contributed by atoms with Gasteiger partial charge in [0, 0.05) is 31.9 Å². The van der Waals surface area contributed by atoms with Crippen molar-refractivity contribution in [3.8, 4) is 17.5 Å². The van der Waals surface area contributed by atoms with Gasteiger partial charge >= 0.3 is 0 Å². The van der Waals surface area contributed by atoms with Crippen LogP contribution in [0, 0.1) is 17.2 Å². The summed E-state index contributed by atoms with van der Waals surface area (Å²) in [6, 6.07) is 10.8. The summed E-state index contributed by atoms with van der Waals surface area (Å²) < 4.78 is 3.31. The van der Waals surface area contributed by atoms with E-state index in [1.165, 1.54) is 21.3 Å². The lowest BCUT2D eigenvalue weighted by molar-refractivity contribution is -0.113. The Morgan fingerprint density at radius 3 is 2.94 bits per heavy atom. The van der Waals surface area contributed by atoms with Gasteiger partial charge in [-0.05, 0) is 50.7 Å². The standard InChI is InChI=1S/C26H27N5OS3/c1-4-16-9-10-18-19(12-27)25(35-22(18)11-16)28-23(32)14-34-26-30-29-24(31(26)15(2)3)20-13-33-21-8-6-5-7-17(20)21/h5-8,13,15-16H,4,9-11,14H2,1-3H3,(H,28,32). The van der Waals surface area contributed by atoms with Crippen LogP contribution in [-0.2, 0) is 17.6 Å². The fraction of sp³-hybridized carbons (Fsp3) is 0.385. The molecule has 1 aliphatic rings. The molecule has 9 heteroatoms. The summed E-state index contributed by atoms with van der Waals surface area (Å²) in [7, 11) is 0. The van der Waals surface area contributed by atoms with Gasteiger partial charge in [-0.1, -0.05) is 43.3 Å². The van der Waals surface area contributed by atoms with Gasteiger partial charge < -0.3 is 5.32 Å². The molecule has 3 heterocycles. The SMILES string of the molecule is CCC1CCc2c(sc(NC(=O)CSc3nnc(-c4csc5ccccc45)n3C(C)C)c2C#N)C1. The summed E-state index contributed by atoms with van der Waals surface area (Å²) in [6.07, 6.45) is 4.20. The van der Waals surface area contributed by atoms with Crippen molar-refractivity contribution in [1.82, 2.24) is 14.8 Å². The number of nitrogens with one attached hydrogen (secondary N) is 1. The first-order chi connectivity index (χ1) is 17.0. The van der Waals surface area contributed by atoms with Crippen LogP contribution in [0.4, 0.5) is 5.00 Å². The number of amides is 1. The van der Waals surface area contributed by atoms with Crippen LogP contribution in [-0.4, -0.2) is 26.4 Å². The van der Waals surface area contributed by atoms with Crippen molar-refractivity contribution in [1.29, 1.82) is 5.26 Å². The molecule has 5 rings (SSSR count). The van der Waals surface area contributed by atoms with Gasteiger partial charge in [0.1, 0.15) is 11.1 Å². The van der Waals surface area contributed by atoms with Gasteiger partial charge in [0.05, 0.1) is 11.3 Å². The molecule has 0 aliphatic heterocycles. The molecule has 1 N–H and O–H groups in total. The lowest BCUT2D eigenvalue weighted by Gasteiger charge is -2.20. The number of aromatic nitrogens is 3. The zero-order valence-electron chi connectivity index (χ0n) is 20.0. The average molecular weight is 522 g/mol. The molecule has 1 atom stereocenters. The second kappa shape index (κ2) is 10.1. The van der Waals surface area contributed by atoms with Crippen LogP contribution in [0.2, 0.25) is 0 Å². The number of thioether (sulfide) groups is 1. The summed E-state index contributed by atoms with van der Waals surface area (Å²) in [6.45, 7) is 6.42. The van der Waals surface area contributed by atoms with Crippen LogP contribution >= 0.6 is 34.4 Å². The van der Waals surface area contributed by atoms with Crippen molar-refractivity contribution in [2.75, 3.05) is 11.1 Å². The van der Waals surface area contributed by atoms with Crippen molar-refractivity contribution in [3.05, 3.63) is 45.6 Å². The van der Waals surface area contributed by atoms with Gasteiger partial charge in [0.2, 0.25) is 5.91 Å². The molecule has 4 aromatic rings. The Kier molecular flexibility index (Phi) is 6.96. The van der Waals surface area contributed by atoms with Gasteiger partial charge in [-0.3, -0.25) is 9.36 Å². The maximum absolute atomic E-state index is 12.9. The Morgan fingerprint density at radius 2 is 2.17 bits per heavy atom. The van der Waals surface area contributed by atoms with E-state index in [1.807, 2.05) is 12.1 Å².